The van der Waals surface area contributed by atoms with Gasteiger partial charge in [-0.2, -0.15) is 0 Å². The highest BCUT2D eigenvalue weighted by molar-refractivity contribution is 6.06. The Bertz CT molecular complexity index is 763. The number of rotatable bonds is 2. The molecule has 0 saturated carbocycles. The lowest BCUT2D eigenvalue weighted by molar-refractivity contribution is -0.108. The molecule has 1 amide bonds. The van der Waals surface area contributed by atoms with Crippen molar-refractivity contribution in [3.05, 3.63) is 48.4 Å². The average molecular weight is 281 g/mol. The molecule has 0 saturated heterocycles. The van der Waals surface area contributed by atoms with Gasteiger partial charge in [0.1, 0.15) is 5.69 Å². The molecule has 0 radical (unpaired) electrons. The van der Waals surface area contributed by atoms with Gasteiger partial charge in [0, 0.05) is 20.3 Å². The minimum absolute atomic E-state index is 0.404. The van der Waals surface area contributed by atoms with Crippen LogP contribution in [-0.2, 0) is 4.79 Å². The van der Waals surface area contributed by atoms with E-state index in [-0.39, 0.29) is 0 Å². The maximum Gasteiger partial charge on any atom is 0.212 e. The van der Waals surface area contributed by atoms with Crippen molar-refractivity contribution >= 4 is 28.7 Å². The van der Waals surface area contributed by atoms with Crippen LogP contribution >= 0.6 is 0 Å². The number of carbonyl (C=O) groups is 1. The first-order valence-electron chi connectivity index (χ1n) is 6.55. The number of aliphatic imine (C=N–C) groups is 1. The Morgan fingerprint density at radius 3 is 2.57 bits per heavy atom. The molecule has 1 aliphatic rings. The van der Waals surface area contributed by atoms with E-state index in [9.17, 15) is 4.79 Å². The zero-order chi connectivity index (χ0) is 14.8. The fourth-order valence-electron chi connectivity index (χ4n) is 2.20. The van der Waals surface area contributed by atoms with Crippen molar-refractivity contribution < 1.29 is 9.53 Å². The van der Waals surface area contributed by atoms with Gasteiger partial charge in [-0.05, 0) is 22.9 Å². The quantitative estimate of drug-likeness (QED) is 0.860. The van der Waals surface area contributed by atoms with E-state index < -0.39 is 0 Å². The Morgan fingerprint density at radius 2 is 1.90 bits per heavy atom. The molecule has 0 spiro atoms. The third-order valence-electron chi connectivity index (χ3n) is 3.08. The summed E-state index contributed by atoms with van der Waals surface area (Å²) in [4.78, 5) is 17.1. The van der Waals surface area contributed by atoms with Crippen molar-refractivity contribution in [1.82, 2.24) is 10.2 Å². The Morgan fingerprint density at radius 1 is 1.19 bits per heavy atom. The van der Waals surface area contributed by atoms with Gasteiger partial charge < -0.3 is 15.0 Å². The van der Waals surface area contributed by atoms with Crippen LogP contribution < -0.4 is 10.1 Å². The van der Waals surface area contributed by atoms with Crippen LogP contribution in [0.5, 0.6) is 5.75 Å². The van der Waals surface area contributed by atoms with Crippen LogP contribution in [0.4, 0.5) is 5.69 Å². The second-order valence-corrected chi connectivity index (χ2v) is 4.95. The number of hydrogen-bond donors (Lipinski definition) is 1. The van der Waals surface area contributed by atoms with E-state index in [1.165, 1.54) is 0 Å². The summed E-state index contributed by atoms with van der Waals surface area (Å²) >= 11 is 0. The Labute approximate surface area is 122 Å². The zero-order valence-electron chi connectivity index (χ0n) is 11.8. The molecular weight excluding hydrogens is 266 g/mol. The number of carbonyl (C=O) groups excluding carboxylic acids is 1. The van der Waals surface area contributed by atoms with Gasteiger partial charge in [0.2, 0.25) is 6.41 Å². The van der Waals surface area contributed by atoms with Crippen LogP contribution in [0.25, 0.3) is 10.8 Å². The van der Waals surface area contributed by atoms with E-state index in [2.05, 4.69) is 10.3 Å². The standard InChI is InChI=1S/C16H15N3O2/c1-19(2)9-15-16(17-10-20)18-13-7-11-5-3-4-6-12(11)8-14(13)21-15/h3-10H,1-2H3,(H,17,18,20)/b15-9+. The summed E-state index contributed by atoms with van der Waals surface area (Å²) in [7, 11) is 3.76. The molecular formula is C16H15N3O2. The van der Waals surface area contributed by atoms with E-state index in [0.717, 1.165) is 10.8 Å². The molecule has 0 fully saturated rings. The topological polar surface area (TPSA) is 53.9 Å². The summed E-state index contributed by atoms with van der Waals surface area (Å²) < 4.78 is 5.88. The third kappa shape index (κ3) is 2.58. The number of nitrogens with zero attached hydrogens (tertiary/aromatic N) is 2. The molecule has 2 aromatic rings. The average Bonchev–Trinajstić information content (AvgIpc) is 2.45. The van der Waals surface area contributed by atoms with Gasteiger partial charge in [0.05, 0.1) is 0 Å². The minimum atomic E-state index is 0.404. The number of hydrogen-bond acceptors (Lipinski definition) is 4. The number of fused-ring (bicyclic) bond motifs is 2. The second kappa shape index (κ2) is 5.28. The molecule has 1 aliphatic heterocycles. The maximum absolute atomic E-state index is 10.7. The van der Waals surface area contributed by atoms with Crippen molar-refractivity contribution in [2.75, 3.05) is 14.1 Å². The smallest absolute Gasteiger partial charge is 0.212 e. The highest BCUT2D eigenvalue weighted by Gasteiger charge is 2.19. The fraction of sp³-hybridized carbons (Fsp3) is 0.125. The van der Waals surface area contributed by atoms with Crippen molar-refractivity contribution in [2.24, 2.45) is 4.99 Å². The van der Waals surface area contributed by atoms with Gasteiger partial charge in [0.15, 0.2) is 17.3 Å². The molecule has 21 heavy (non-hydrogen) atoms. The summed E-state index contributed by atoms with van der Waals surface area (Å²) in [5.41, 5.74) is 0.703. The van der Waals surface area contributed by atoms with Gasteiger partial charge >= 0.3 is 0 Å². The molecule has 5 nitrogen and oxygen atoms in total. The summed E-state index contributed by atoms with van der Waals surface area (Å²) in [6, 6.07) is 11.9. The largest absolute Gasteiger partial charge is 0.450 e. The maximum atomic E-state index is 10.7. The molecule has 2 aromatic carbocycles. The molecule has 0 bridgehead atoms. The van der Waals surface area contributed by atoms with Crippen molar-refractivity contribution in [3.63, 3.8) is 0 Å². The van der Waals surface area contributed by atoms with Crippen LogP contribution in [0.2, 0.25) is 0 Å². The second-order valence-electron chi connectivity index (χ2n) is 4.95. The molecule has 0 unspecified atom stereocenters. The molecule has 1 N–H and O–H groups in total. The number of ether oxygens (including phenoxy) is 1. The molecule has 0 atom stereocenters. The Kier molecular flexibility index (Phi) is 3.31. The summed E-state index contributed by atoms with van der Waals surface area (Å²) in [6.45, 7) is 0. The lowest BCUT2D eigenvalue weighted by Gasteiger charge is -2.20. The number of benzene rings is 2. The van der Waals surface area contributed by atoms with Crippen LogP contribution in [0, 0.1) is 0 Å². The summed E-state index contributed by atoms with van der Waals surface area (Å²) in [6.07, 6.45) is 2.37. The van der Waals surface area contributed by atoms with E-state index in [1.807, 2.05) is 55.4 Å². The fourth-order valence-corrected chi connectivity index (χ4v) is 2.20. The molecule has 106 valence electrons. The summed E-state index contributed by atoms with van der Waals surface area (Å²) in [5, 5.41) is 4.74. The highest BCUT2D eigenvalue weighted by Crippen LogP contribution is 2.37. The molecule has 3 rings (SSSR count). The van der Waals surface area contributed by atoms with Crippen molar-refractivity contribution in [3.8, 4) is 5.75 Å². The molecule has 5 heteroatoms. The van der Waals surface area contributed by atoms with Gasteiger partial charge in [-0.3, -0.25) is 4.79 Å². The lowest BCUT2D eigenvalue weighted by atomic mass is 10.1. The Balaban J connectivity index is 2.14. The van der Waals surface area contributed by atoms with Crippen LogP contribution in [0.1, 0.15) is 0 Å². The molecule has 1 heterocycles. The highest BCUT2D eigenvalue weighted by atomic mass is 16.5. The number of amidine groups is 1. The van der Waals surface area contributed by atoms with Crippen LogP contribution in [-0.4, -0.2) is 31.2 Å². The van der Waals surface area contributed by atoms with E-state index in [0.29, 0.717) is 29.4 Å². The lowest BCUT2D eigenvalue weighted by Crippen LogP contribution is -2.29. The summed E-state index contributed by atoms with van der Waals surface area (Å²) in [5.74, 6) is 1.59. The van der Waals surface area contributed by atoms with Gasteiger partial charge in [0.25, 0.3) is 0 Å². The first-order chi connectivity index (χ1) is 10.2. The van der Waals surface area contributed by atoms with Crippen LogP contribution in [0.3, 0.4) is 0 Å². The monoisotopic (exact) mass is 281 g/mol. The number of amides is 1. The van der Waals surface area contributed by atoms with Crippen LogP contribution in [0.15, 0.2) is 53.3 Å². The number of nitrogens with one attached hydrogen (secondary N) is 1. The normalized spacial score (nSPS) is 15.1. The van der Waals surface area contributed by atoms with Gasteiger partial charge in [-0.15, -0.1) is 0 Å². The van der Waals surface area contributed by atoms with E-state index in [1.54, 1.807) is 6.20 Å². The predicted octanol–water partition coefficient (Wildman–Crippen LogP) is 2.41. The predicted molar refractivity (Wildman–Crippen MR) is 82.6 cm³/mol. The van der Waals surface area contributed by atoms with Crippen molar-refractivity contribution in [1.29, 1.82) is 0 Å². The van der Waals surface area contributed by atoms with Gasteiger partial charge in [-0.1, -0.05) is 24.3 Å². The van der Waals surface area contributed by atoms with E-state index >= 15 is 0 Å². The minimum Gasteiger partial charge on any atom is -0.450 e. The molecule has 0 aliphatic carbocycles. The molecule has 0 aromatic heterocycles. The SMILES string of the molecule is CN(C)/C=C1/Oc2cc3ccccc3cc2N=C1NC=O. The Hall–Kier alpha value is -2.82. The van der Waals surface area contributed by atoms with Gasteiger partial charge in [-0.25, -0.2) is 4.99 Å². The first-order valence-corrected chi connectivity index (χ1v) is 6.55. The zero-order valence-corrected chi connectivity index (χ0v) is 11.8. The first kappa shape index (κ1) is 13.2. The van der Waals surface area contributed by atoms with E-state index in [4.69, 9.17) is 4.74 Å². The third-order valence-corrected chi connectivity index (χ3v) is 3.08. The van der Waals surface area contributed by atoms with Crippen molar-refractivity contribution in [2.45, 2.75) is 0 Å².